The third-order valence-corrected chi connectivity index (χ3v) is 3.88. The van der Waals surface area contributed by atoms with Crippen molar-refractivity contribution in [1.82, 2.24) is 0 Å². The summed E-state index contributed by atoms with van der Waals surface area (Å²) in [4.78, 5) is 0. The number of aliphatic hydroxyl groups is 1. The lowest BCUT2D eigenvalue weighted by Crippen LogP contribution is -2.01. The van der Waals surface area contributed by atoms with Crippen molar-refractivity contribution in [3.05, 3.63) is 22.2 Å². The second kappa shape index (κ2) is 8.43. The smallest absolute Gasteiger partial charge is 0.161 e. The van der Waals surface area contributed by atoms with E-state index in [9.17, 15) is 5.11 Å². The molecule has 0 saturated heterocycles. The lowest BCUT2D eigenvalue weighted by atomic mass is 10.0. The molecule has 1 N–H and O–H groups in total. The van der Waals surface area contributed by atoms with E-state index in [2.05, 4.69) is 22.9 Å². The molecule has 1 aromatic carbocycles. The van der Waals surface area contributed by atoms with Crippen molar-refractivity contribution in [2.24, 2.45) is 0 Å². The summed E-state index contributed by atoms with van der Waals surface area (Å²) in [6.45, 7) is 2.18. The van der Waals surface area contributed by atoms with Crippen molar-refractivity contribution in [3.8, 4) is 11.5 Å². The molecule has 0 saturated carbocycles. The van der Waals surface area contributed by atoms with Crippen molar-refractivity contribution < 1.29 is 14.6 Å². The number of methoxy groups -OCH3 is 2. The van der Waals surface area contributed by atoms with E-state index < -0.39 is 6.10 Å². The van der Waals surface area contributed by atoms with Crippen LogP contribution in [0.3, 0.4) is 0 Å². The van der Waals surface area contributed by atoms with Crippen molar-refractivity contribution in [2.75, 3.05) is 14.2 Å². The Morgan fingerprint density at radius 1 is 1.11 bits per heavy atom. The lowest BCUT2D eigenvalue weighted by Gasteiger charge is -2.16. The van der Waals surface area contributed by atoms with Gasteiger partial charge in [0.05, 0.1) is 20.3 Å². The molecule has 0 fully saturated rings. The minimum absolute atomic E-state index is 0.467. The van der Waals surface area contributed by atoms with E-state index in [1.165, 1.54) is 19.3 Å². The van der Waals surface area contributed by atoms with Crippen LogP contribution in [0.15, 0.2) is 16.6 Å². The largest absolute Gasteiger partial charge is 0.493 e. The molecular weight excluding hydrogens is 308 g/mol. The maximum absolute atomic E-state index is 10.3. The molecular formula is C15H23BrO3. The Balaban J connectivity index is 2.76. The van der Waals surface area contributed by atoms with Crippen LogP contribution in [-0.2, 0) is 0 Å². The molecule has 3 nitrogen and oxygen atoms in total. The third kappa shape index (κ3) is 4.69. The van der Waals surface area contributed by atoms with Gasteiger partial charge in [-0.25, -0.2) is 0 Å². The van der Waals surface area contributed by atoms with Crippen molar-refractivity contribution in [1.29, 1.82) is 0 Å². The Morgan fingerprint density at radius 2 is 1.74 bits per heavy atom. The van der Waals surface area contributed by atoms with Crippen LogP contribution in [0.25, 0.3) is 0 Å². The molecule has 0 aliphatic carbocycles. The molecule has 0 amide bonds. The molecule has 4 heteroatoms. The predicted octanol–water partition coefficient (Wildman–Crippen LogP) is 4.47. The van der Waals surface area contributed by atoms with Gasteiger partial charge in [0.1, 0.15) is 0 Å². The Labute approximate surface area is 124 Å². The predicted molar refractivity (Wildman–Crippen MR) is 81.0 cm³/mol. The van der Waals surface area contributed by atoms with E-state index in [-0.39, 0.29) is 0 Å². The molecule has 0 aliphatic rings. The van der Waals surface area contributed by atoms with Gasteiger partial charge in [-0.15, -0.1) is 0 Å². The molecule has 1 atom stereocenters. The summed E-state index contributed by atoms with van der Waals surface area (Å²) in [5.74, 6) is 1.31. The van der Waals surface area contributed by atoms with Gasteiger partial charge in [0.15, 0.2) is 11.5 Å². The molecule has 19 heavy (non-hydrogen) atoms. The zero-order chi connectivity index (χ0) is 14.3. The Kier molecular flexibility index (Phi) is 7.24. The summed E-state index contributed by atoms with van der Waals surface area (Å²) >= 11 is 3.48. The van der Waals surface area contributed by atoms with Crippen molar-refractivity contribution in [2.45, 2.75) is 45.1 Å². The number of hydrogen-bond donors (Lipinski definition) is 1. The third-order valence-electron chi connectivity index (χ3n) is 3.19. The number of rotatable bonds is 8. The van der Waals surface area contributed by atoms with Gasteiger partial charge in [0.2, 0.25) is 0 Å². The fourth-order valence-corrected chi connectivity index (χ4v) is 2.63. The summed E-state index contributed by atoms with van der Waals surface area (Å²) in [5.41, 5.74) is 0.856. The SMILES string of the molecule is CCCCCCC(O)c1cc(OC)c(OC)cc1Br. The summed E-state index contributed by atoms with van der Waals surface area (Å²) in [5, 5.41) is 10.3. The Hall–Kier alpha value is -0.740. The zero-order valence-electron chi connectivity index (χ0n) is 11.9. The lowest BCUT2D eigenvalue weighted by molar-refractivity contribution is 0.162. The van der Waals surface area contributed by atoms with Gasteiger partial charge < -0.3 is 14.6 Å². The van der Waals surface area contributed by atoms with Crippen LogP contribution in [0.1, 0.15) is 50.7 Å². The molecule has 1 unspecified atom stereocenters. The zero-order valence-corrected chi connectivity index (χ0v) is 13.5. The molecule has 0 aromatic heterocycles. The van der Waals surface area contributed by atoms with Crippen LogP contribution in [0, 0.1) is 0 Å². The number of hydrogen-bond acceptors (Lipinski definition) is 3. The molecule has 0 heterocycles. The van der Waals surface area contributed by atoms with Crippen LogP contribution in [0.5, 0.6) is 11.5 Å². The van der Waals surface area contributed by atoms with Crippen molar-refractivity contribution >= 4 is 15.9 Å². The topological polar surface area (TPSA) is 38.7 Å². The van der Waals surface area contributed by atoms with E-state index in [1.54, 1.807) is 14.2 Å². The minimum Gasteiger partial charge on any atom is -0.493 e. The van der Waals surface area contributed by atoms with Crippen LogP contribution in [-0.4, -0.2) is 19.3 Å². The molecule has 0 bridgehead atoms. The van der Waals surface area contributed by atoms with Crippen molar-refractivity contribution in [3.63, 3.8) is 0 Å². The highest BCUT2D eigenvalue weighted by Crippen LogP contribution is 2.37. The van der Waals surface area contributed by atoms with Gasteiger partial charge in [-0.2, -0.15) is 0 Å². The van der Waals surface area contributed by atoms with Gasteiger partial charge in [0.25, 0.3) is 0 Å². The van der Waals surface area contributed by atoms with Gasteiger partial charge in [-0.3, -0.25) is 0 Å². The number of unbranched alkanes of at least 4 members (excludes halogenated alkanes) is 3. The van der Waals surface area contributed by atoms with E-state index in [1.807, 2.05) is 12.1 Å². The number of halogens is 1. The molecule has 0 spiro atoms. The van der Waals surface area contributed by atoms with Gasteiger partial charge in [-0.1, -0.05) is 48.5 Å². The van der Waals surface area contributed by atoms with E-state index in [0.29, 0.717) is 11.5 Å². The average Bonchev–Trinajstić information content (AvgIpc) is 2.42. The highest BCUT2D eigenvalue weighted by atomic mass is 79.9. The first-order valence-corrected chi connectivity index (χ1v) is 7.52. The van der Waals surface area contributed by atoms with Crippen LogP contribution < -0.4 is 9.47 Å². The maximum atomic E-state index is 10.3. The van der Waals surface area contributed by atoms with Gasteiger partial charge >= 0.3 is 0 Å². The summed E-state index contributed by atoms with van der Waals surface area (Å²) in [7, 11) is 3.20. The fraction of sp³-hybridized carbons (Fsp3) is 0.600. The second-order valence-electron chi connectivity index (χ2n) is 4.59. The normalized spacial score (nSPS) is 12.3. The number of benzene rings is 1. The first-order valence-electron chi connectivity index (χ1n) is 6.73. The summed E-state index contributed by atoms with van der Waals surface area (Å²) in [6.07, 6.45) is 4.93. The highest BCUT2D eigenvalue weighted by molar-refractivity contribution is 9.10. The molecule has 108 valence electrons. The van der Waals surface area contributed by atoms with E-state index >= 15 is 0 Å². The van der Waals surface area contributed by atoms with Crippen LogP contribution in [0.4, 0.5) is 0 Å². The maximum Gasteiger partial charge on any atom is 0.161 e. The quantitative estimate of drug-likeness (QED) is 0.714. The first kappa shape index (κ1) is 16.3. The fourth-order valence-electron chi connectivity index (χ4n) is 2.05. The van der Waals surface area contributed by atoms with Gasteiger partial charge in [0, 0.05) is 4.47 Å². The molecule has 1 rings (SSSR count). The number of ether oxygens (including phenoxy) is 2. The molecule has 1 aromatic rings. The highest BCUT2D eigenvalue weighted by Gasteiger charge is 2.15. The monoisotopic (exact) mass is 330 g/mol. The van der Waals surface area contributed by atoms with E-state index in [0.717, 1.165) is 22.9 Å². The van der Waals surface area contributed by atoms with E-state index in [4.69, 9.17) is 9.47 Å². The minimum atomic E-state index is -0.467. The van der Waals surface area contributed by atoms with Gasteiger partial charge in [-0.05, 0) is 24.1 Å². The molecule has 0 radical (unpaired) electrons. The molecule has 0 aliphatic heterocycles. The Morgan fingerprint density at radius 3 is 2.32 bits per heavy atom. The Bertz CT molecular complexity index is 393. The summed E-state index contributed by atoms with van der Waals surface area (Å²) < 4.78 is 11.4. The number of aliphatic hydroxyl groups excluding tert-OH is 1. The first-order chi connectivity index (χ1) is 9.13. The average molecular weight is 331 g/mol. The van der Waals surface area contributed by atoms with Crippen LogP contribution >= 0.6 is 15.9 Å². The standard InChI is InChI=1S/C15H23BrO3/c1-4-5-6-7-8-13(17)11-9-14(18-2)15(19-3)10-12(11)16/h9-10,13,17H,4-8H2,1-3H3. The summed E-state index contributed by atoms with van der Waals surface area (Å²) in [6, 6.07) is 3.68. The van der Waals surface area contributed by atoms with Crippen LogP contribution in [0.2, 0.25) is 0 Å². The second-order valence-corrected chi connectivity index (χ2v) is 5.45.